The fourth-order valence-corrected chi connectivity index (χ4v) is 2.76. The Morgan fingerprint density at radius 1 is 1.29 bits per heavy atom. The number of rotatable bonds is 7. The highest BCUT2D eigenvalue weighted by Crippen LogP contribution is 2.21. The number of aromatic nitrogens is 2. The van der Waals surface area contributed by atoms with Crippen molar-refractivity contribution >= 4 is 18.1 Å². The second kappa shape index (κ2) is 9.84. The zero-order chi connectivity index (χ0) is 22.2. The van der Waals surface area contributed by atoms with Gasteiger partial charge in [0.05, 0.1) is 31.2 Å². The van der Waals surface area contributed by atoms with E-state index in [0.29, 0.717) is 29.0 Å². The lowest BCUT2D eigenvalue weighted by Crippen LogP contribution is -2.16. The molecule has 0 amide bonds. The van der Waals surface area contributed by atoms with Crippen molar-refractivity contribution < 1.29 is 14.3 Å². The molecule has 0 saturated heterocycles. The number of H-pyrrole nitrogens is 1. The molecule has 156 valence electrons. The number of aromatic amines is 1. The minimum atomic E-state index is -0.577. The standard InChI is InChI=1S/C22H19N5O4/c1-3-31-18-11-15(21(29)30-2)9-10-16(18)13-24-27-22-25-19(14-7-5-4-6-8-14)17(12-23)20(28)26-22/h4-11,13H,3H2,1-2H3,(H2,25,26,27,28). The molecule has 0 radical (unpaired) electrons. The maximum atomic E-state index is 12.3. The van der Waals surface area contributed by atoms with Crippen LogP contribution in [0.5, 0.6) is 5.75 Å². The normalized spacial score (nSPS) is 10.5. The number of esters is 1. The minimum absolute atomic E-state index is 0.0724. The van der Waals surface area contributed by atoms with Crippen LogP contribution in [-0.4, -0.2) is 35.9 Å². The van der Waals surface area contributed by atoms with Gasteiger partial charge in [-0.25, -0.2) is 15.2 Å². The van der Waals surface area contributed by atoms with E-state index in [1.165, 1.54) is 13.3 Å². The molecule has 9 nitrogen and oxygen atoms in total. The maximum absolute atomic E-state index is 12.3. The Hall–Kier alpha value is -4.45. The first-order chi connectivity index (χ1) is 15.1. The summed E-state index contributed by atoms with van der Waals surface area (Å²) in [6.07, 6.45) is 1.46. The van der Waals surface area contributed by atoms with Crippen molar-refractivity contribution in [1.82, 2.24) is 9.97 Å². The Balaban J connectivity index is 1.89. The minimum Gasteiger partial charge on any atom is -0.493 e. The number of ether oxygens (including phenoxy) is 2. The van der Waals surface area contributed by atoms with Gasteiger partial charge in [0, 0.05) is 11.1 Å². The molecule has 9 heteroatoms. The van der Waals surface area contributed by atoms with Crippen LogP contribution in [0.3, 0.4) is 0 Å². The number of carbonyl (C=O) groups excluding carboxylic acids is 1. The number of anilines is 1. The average Bonchev–Trinajstić information content (AvgIpc) is 2.80. The number of hydrogen-bond acceptors (Lipinski definition) is 8. The van der Waals surface area contributed by atoms with Crippen LogP contribution in [0, 0.1) is 11.3 Å². The van der Waals surface area contributed by atoms with E-state index in [9.17, 15) is 14.9 Å². The fraction of sp³-hybridized carbons (Fsp3) is 0.136. The summed E-state index contributed by atoms with van der Waals surface area (Å²) >= 11 is 0. The number of hydrazone groups is 1. The molecule has 0 unspecified atom stereocenters. The summed E-state index contributed by atoms with van der Waals surface area (Å²) < 4.78 is 10.3. The van der Waals surface area contributed by atoms with Gasteiger partial charge in [-0.05, 0) is 25.1 Å². The van der Waals surface area contributed by atoms with Crippen LogP contribution < -0.4 is 15.7 Å². The first-order valence-corrected chi connectivity index (χ1v) is 9.31. The highest BCUT2D eigenvalue weighted by atomic mass is 16.5. The average molecular weight is 417 g/mol. The number of methoxy groups -OCH3 is 1. The van der Waals surface area contributed by atoms with Crippen molar-refractivity contribution in [3.8, 4) is 23.1 Å². The number of carbonyl (C=O) groups is 1. The third kappa shape index (κ3) is 4.94. The van der Waals surface area contributed by atoms with E-state index in [4.69, 9.17) is 9.47 Å². The lowest BCUT2D eigenvalue weighted by Gasteiger charge is -2.09. The molecule has 31 heavy (non-hydrogen) atoms. The zero-order valence-electron chi connectivity index (χ0n) is 16.9. The van der Waals surface area contributed by atoms with Crippen LogP contribution >= 0.6 is 0 Å². The Bertz CT molecular complexity index is 1210. The molecule has 0 spiro atoms. The van der Waals surface area contributed by atoms with Crippen molar-refractivity contribution in [1.29, 1.82) is 5.26 Å². The lowest BCUT2D eigenvalue weighted by molar-refractivity contribution is 0.0600. The molecule has 3 rings (SSSR count). The zero-order valence-corrected chi connectivity index (χ0v) is 16.9. The lowest BCUT2D eigenvalue weighted by atomic mass is 10.1. The van der Waals surface area contributed by atoms with Gasteiger partial charge in [0.2, 0.25) is 5.95 Å². The van der Waals surface area contributed by atoms with Gasteiger partial charge >= 0.3 is 5.97 Å². The van der Waals surface area contributed by atoms with Gasteiger partial charge in [0.1, 0.15) is 17.4 Å². The molecule has 3 aromatic rings. The molecule has 1 heterocycles. The largest absolute Gasteiger partial charge is 0.493 e. The van der Waals surface area contributed by atoms with Gasteiger partial charge in [0.15, 0.2) is 0 Å². The summed E-state index contributed by atoms with van der Waals surface area (Å²) in [6.45, 7) is 2.21. The SMILES string of the molecule is CCOc1cc(C(=O)OC)ccc1C=NNc1nc(-c2ccccc2)c(C#N)c(=O)[nH]1. The van der Waals surface area contributed by atoms with Gasteiger partial charge in [-0.1, -0.05) is 30.3 Å². The number of nitrogens with one attached hydrogen (secondary N) is 2. The van der Waals surface area contributed by atoms with Gasteiger partial charge in [-0.2, -0.15) is 10.4 Å². The van der Waals surface area contributed by atoms with E-state index >= 15 is 0 Å². The van der Waals surface area contributed by atoms with E-state index < -0.39 is 11.5 Å². The summed E-state index contributed by atoms with van der Waals surface area (Å²) in [7, 11) is 1.30. The molecule has 0 aliphatic rings. The summed E-state index contributed by atoms with van der Waals surface area (Å²) in [5, 5.41) is 13.4. The predicted molar refractivity (Wildman–Crippen MR) is 115 cm³/mol. The second-order valence-electron chi connectivity index (χ2n) is 6.16. The van der Waals surface area contributed by atoms with Gasteiger partial charge in [0.25, 0.3) is 5.56 Å². The monoisotopic (exact) mass is 417 g/mol. The number of hydrogen-bond donors (Lipinski definition) is 2. The van der Waals surface area contributed by atoms with E-state index in [1.54, 1.807) is 42.5 Å². The van der Waals surface area contributed by atoms with E-state index in [0.717, 1.165) is 0 Å². The van der Waals surface area contributed by atoms with Gasteiger partial charge in [-0.15, -0.1) is 0 Å². The second-order valence-corrected chi connectivity index (χ2v) is 6.16. The summed E-state index contributed by atoms with van der Waals surface area (Å²) in [4.78, 5) is 30.8. The van der Waals surface area contributed by atoms with Crippen LogP contribution in [-0.2, 0) is 4.74 Å². The summed E-state index contributed by atoms with van der Waals surface area (Å²) in [5.74, 6) is 0.0424. The highest BCUT2D eigenvalue weighted by Gasteiger charge is 2.13. The molecule has 0 saturated carbocycles. The first kappa shape index (κ1) is 21.3. The van der Waals surface area contributed by atoms with Crippen LogP contribution in [0.2, 0.25) is 0 Å². The van der Waals surface area contributed by atoms with Crippen LogP contribution in [0.1, 0.15) is 28.4 Å². The van der Waals surface area contributed by atoms with Crippen LogP contribution in [0.15, 0.2) is 58.4 Å². The quantitative estimate of drug-likeness (QED) is 0.343. The summed E-state index contributed by atoms with van der Waals surface area (Å²) in [6, 6.07) is 15.6. The molecule has 0 aliphatic heterocycles. The third-order valence-electron chi connectivity index (χ3n) is 4.19. The van der Waals surface area contributed by atoms with Crippen molar-refractivity contribution in [2.45, 2.75) is 6.92 Å². The van der Waals surface area contributed by atoms with Crippen molar-refractivity contribution in [3.63, 3.8) is 0 Å². The summed E-state index contributed by atoms with van der Waals surface area (Å²) in [5.41, 5.74) is 3.83. The molecular formula is C22H19N5O4. The first-order valence-electron chi connectivity index (χ1n) is 9.31. The molecular weight excluding hydrogens is 398 g/mol. The molecule has 2 aromatic carbocycles. The molecule has 0 atom stereocenters. The van der Waals surface area contributed by atoms with Gasteiger partial charge < -0.3 is 9.47 Å². The molecule has 0 fully saturated rings. The van der Waals surface area contributed by atoms with Crippen molar-refractivity contribution in [3.05, 3.63) is 75.6 Å². The molecule has 0 aliphatic carbocycles. The number of nitriles is 1. The maximum Gasteiger partial charge on any atom is 0.337 e. The molecule has 1 aromatic heterocycles. The predicted octanol–water partition coefficient (Wildman–Crippen LogP) is 2.94. The Kier molecular flexibility index (Phi) is 6.75. The Morgan fingerprint density at radius 2 is 2.06 bits per heavy atom. The van der Waals surface area contributed by atoms with Crippen LogP contribution in [0.4, 0.5) is 5.95 Å². The molecule has 0 bridgehead atoms. The topological polar surface area (TPSA) is 129 Å². The smallest absolute Gasteiger partial charge is 0.337 e. The van der Waals surface area contributed by atoms with E-state index in [2.05, 4.69) is 20.5 Å². The third-order valence-corrected chi connectivity index (χ3v) is 4.19. The van der Waals surface area contributed by atoms with Crippen LogP contribution in [0.25, 0.3) is 11.3 Å². The van der Waals surface area contributed by atoms with Gasteiger partial charge in [-0.3, -0.25) is 9.78 Å². The van der Waals surface area contributed by atoms with E-state index in [-0.39, 0.29) is 17.2 Å². The van der Waals surface area contributed by atoms with Crippen molar-refractivity contribution in [2.24, 2.45) is 5.10 Å². The van der Waals surface area contributed by atoms with E-state index in [1.807, 2.05) is 19.1 Å². The fourth-order valence-electron chi connectivity index (χ4n) is 2.76. The Morgan fingerprint density at radius 3 is 2.74 bits per heavy atom. The molecule has 2 N–H and O–H groups in total. The number of nitrogens with zero attached hydrogens (tertiary/aromatic N) is 3. The Labute approximate surface area is 178 Å². The van der Waals surface area contributed by atoms with Crippen molar-refractivity contribution in [2.75, 3.05) is 19.1 Å². The number of benzene rings is 2. The highest BCUT2D eigenvalue weighted by molar-refractivity contribution is 5.92.